The molecule has 1 saturated heterocycles. The first-order valence-corrected chi connectivity index (χ1v) is 7.35. The summed E-state index contributed by atoms with van der Waals surface area (Å²) in [6.45, 7) is 6.19. The molecule has 4 heteroatoms. The van der Waals surface area contributed by atoms with Crippen LogP contribution in [0.4, 0.5) is 0 Å². The second-order valence-corrected chi connectivity index (χ2v) is 5.62. The molecule has 2 aliphatic heterocycles. The van der Waals surface area contributed by atoms with Gasteiger partial charge in [0.05, 0.1) is 26.9 Å². The van der Waals surface area contributed by atoms with Gasteiger partial charge in [-0.05, 0) is 36.2 Å². The van der Waals surface area contributed by atoms with Gasteiger partial charge in [0.2, 0.25) is 0 Å². The van der Waals surface area contributed by atoms with Gasteiger partial charge in [-0.2, -0.15) is 0 Å². The number of methoxy groups -OCH3 is 2. The van der Waals surface area contributed by atoms with Gasteiger partial charge in [0.1, 0.15) is 0 Å². The summed E-state index contributed by atoms with van der Waals surface area (Å²) in [5.41, 5.74) is 2.61. The van der Waals surface area contributed by atoms with Crippen LogP contribution in [0.25, 0.3) is 0 Å². The van der Waals surface area contributed by atoms with Crippen LogP contribution in [0.1, 0.15) is 30.4 Å². The molecular weight excluding hydrogens is 254 g/mol. The van der Waals surface area contributed by atoms with Crippen LogP contribution < -0.4 is 9.47 Å². The van der Waals surface area contributed by atoms with E-state index in [0.717, 1.165) is 31.1 Å². The lowest BCUT2D eigenvalue weighted by atomic mass is 9.89. The normalized spacial score (nSPS) is 25.1. The minimum absolute atomic E-state index is 0.326. The van der Waals surface area contributed by atoms with Crippen molar-refractivity contribution in [2.45, 2.75) is 32.0 Å². The lowest BCUT2D eigenvalue weighted by Gasteiger charge is -2.28. The van der Waals surface area contributed by atoms with Crippen molar-refractivity contribution in [1.82, 2.24) is 4.90 Å². The molecule has 1 aromatic rings. The van der Waals surface area contributed by atoms with Gasteiger partial charge < -0.3 is 19.1 Å². The van der Waals surface area contributed by atoms with E-state index in [9.17, 15) is 0 Å². The van der Waals surface area contributed by atoms with Gasteiger partial charge in [-0.1, -0.05) is 6.92 Å². The Labute approximate surface area is 120 Å². The maximum absolute atomic E-state index is 6.04. The van der Waals surface area contributed by atoms with Crippen LogP contribution in [0.5, 0.6) is 11.5 Å². The van der Waals surface area contributed by atoms with Crippen molar-refractivity contribution < 1.29 is 14.2 Å². The molecule has 0 unspecified atom stereocenters. The van der Waals surface area contributed by atoms with E-state index in [1.807, 2.05) is 0 Å². The van der Waals surface area contributed by atoms with E-state index >= 15 is 0 Å². The molecule has 0 N–H and O–H groups in total. The first-order chi connectivity index (χ1) is 9.76. The van der Waals surface area contributed by atoms with E-state index in [1.165, 1.54) is 17.5 Å². The smallest absolute Gasteiger partial charge is 0.161 e. The van der Waals surface area contributed by atoms with Crippen molar-refractivity contribution >= 4 is 0 Å². The Balaban J connectivity index is 1.92. The highest BCUT2D eigenvalue weighted by molar-refractivity contribution is 5.49. The van der Waals surface area contributed by atoms with E-state index in [2.05, 4.69) is 24.0 Å². The van der Waals surface area contributed by atoms with Gasteiger partial charge in [-0.3, -0.25) is 0 Å². The number of likely N-dealkylation sites (tertiary alicyclic amines) is 1. The third-order valence-corrected chi connectivity index (χ3v) is 4.38. The van der Waals surface area contributed by atoms with E-state index in [0.29, 0.717) is 18.6 Å². The number of rotatable bonds is 4. The van der Waals surface area contributed by atoms with Crippen molar-refractivity contribution in [3.63, 3.8) is 0 Å². The average Bonchev–Trinajstić information content (AvgIpc) is 2.89. The molecule has 1 fully saturated rings. The molecule has 110 valence electrons. The van der Waals surface area contributed by atoms with Crippen LogP contribution in [0.15, 0.2) is 12.1 Å². The van der Waals surface area contributed by atoms with Crippen LogP contribution in [-0.2, 0) is 11.3 Å². The van der Waals surface area contributed by atoms with E-state index in [1.54, 1.807) is 14.2 Å². The van der Waals surface area contributed by atoms with Gasteiger partial charge in [-0.25, -0.2) is 0 Å². The number of nitrogens with zero attached hydrogens (tertiary/aromatic N) is 1. The first kappa shape index (κ1) is 13.7. The maximum atomic E-state index is 6.04. The highest BCUT2D eigenvalue weighted by Crippen LogP contribution is 2.41. The predicted molar refractivity (Wildman–Crippen MR) is 77.6 cm³/mol. The van der Waals surface area contributed by atoms with E-state index in [-0.39, 0.29) is 0 Å². The molecular formula is C16H23NO3. The van der Waals surface area contributed by atoms with E-state index < -0.39 is 0 Å². The molecule has 0 bridgehead atoms. The average molecular weight is 277 g/mol. The van der Waals surface area contributed by atoms with Gasteiger partial charge in [-0.15, -0.1) is 0 Å². The molecule has 0 radical (unpaired) electrons. The topological polar surface area (TPSA) is 30.9 Å². The first-order valence-electron chi connectivity index (χ1n) is 7.35. The molecule has 4 nitrogen and oxygen atoms in total. The van der Waals surface area contributed by atoms with Gasteiger partial charge in [0, 0.05) is 19.0 Å². The SMILES string of the molecule is CCCN1C[C@@H]2OCc3cc(OC)c(OC)cc3[C@H]2C1. The molecule has 0 spiro atoms. The Bertz CT molecular complexity index is 489. The second-order valence-electron chi connectivity index (χ2n) is 5.62. The zero-order valence-corrected chi connectivity index (χ0v) is 12.5. The van der Waals surface area contributed by atoms with Crippen LogP contribution in [0.3, 0.4) is 0 Å². The Morgan fingerprint density at radius 1 is 1.20 bits per heavy atom. The third-order valence-electron chi connectivity index (χ3n) is 4.38. The summed E-state index contributed by atoms with van der Waals surface area (Å²) in [5.74, 6) is 2.07. The van der Waals surface area contributed by atoms with Gasteiger partial charge in [0.25, 0.3) is 0 Å². The lowest BCUT2D eigenvalue weighted by molar-refractivity contribution is 0.0250. The Morgan fingerprint density at radius 3 is 2.65 bits per heavy atom. The Morgan fingerprint density at radius 2 is 1.95 bits per heavy atom. The quantitative estimate of drug-likeness (QED) is 0.845. The number of benzene rings is 1. The zero-order valence-electron chi connectivity index (χ0n) is 12.5. The summed E-state index contributed by atoms with van der Waals surface area (Å²) < 4.78 is 16.9. The lowest BCUT2D eigenvalue weighted by Crippen LogP contribution is -2.27. The second kappa shape index (κ2) is 5.62. The molecule has 2 heterocycles. The third kappa shape index (κ3) is 2.27. The van der Waals surface area contributed by atoms with Crippen LogP contribution >= 0.6 is 0 Å². The van der Waals surface area contributed by atoms with Gasteiger partial charge in [0.15, 0.2) is 11.5 Å². The van der Waals surface area contributed by atoms with Crippen molar-refractivity contribution in [2.24, 2.45) is 0 Å². The van der Waals surface area contributed by atoms with Crippen LogP contribution in [0.2, 0.25) is 0 Å². The van der Waals surface area contributed by atoms with Crippen molar-refractivity contribution in [1.29, 1.82) is 0 Å². The summed E-state index contributed by atoms with van der Waals surface area (Å²) >= 11 is 0. The maximum Gasteiger partial charge on any atom is 0.161 e. The molecule has 20 heavy (non-hydrogen) atoms. The molecule has 0 aromatic heterocycles. The summed E-state index contributed by atoms with van der Waals surface area (Å²) in [4.78, 5) is 2.50. The summed E-state index contributed by atoms with van der Waals surface area (Å²) in [5, 5.41) is 0. The van der Waals surface area contributed by atoms with Crippen LogP contribution in [0, 0.1) is 0 Å². The molecule has 0 saturated carbocycles. The van der Waals surface area contributed by atoms with Gasteiger partial charge >= 0.3 is 0 Å². The minimum atomic E-state index is 0.326. The molecule has 0 aliphatic carbocycles. The highest BCUT2D eigenvalue weighted by atomic mass is 16.5. The fourth-order valence-electron chi connectivity index (χ4n) is 3.42. The number of fused-ring (bicyclic) bond motifs is 3. The Hall–Kier alpha value is -1.26. The molecule has 2 aliphatic rings. The molecule has 0 amide bonds. The summed E-state index contributed by atoms with van der Waals surface area (Å²) in [7, 11) is 3.37. The number of ether oxygens (including phenoxy) is 3. The Kier molecular flexibility index (Phi) is 3.85. The standard InChI is InChI=1S/C16H23NO3/c1-4-5-17-8-13-12-7-15(19-3)14(18-2)6-11(12)10-20-16(13)9-17/h6-7,13,16H,4-5,8-10H2,1-3H3/t13-,16+/m1/s1. The molecule has 3 rings (SSSR count). The van der Waals surface area contributed by atoms with Crippen molar-refractivity contribution in [3.05, 3.63) is 23.3 Å². The monoisotopic (exact) mass is 277 g/mol. The van der Waals surface area contributed by atoms with Crippen LogP contribution in [-0.4, -0.2) is 44.9 Å². The highest BCUT2D eigenvalue weighted by Gasteiger charge is 2.38. The van der Waals surface area contributed by atoms with Crippen molar-refractivity contribution in [2.75, 3.05) is 33.9 Å². The largest absolute Gasteiger partial charge is 0.493 e. The van der Waals surface area contributed by atoms with E-state index in [4.69, 9.17) is 14.2 Å². The molecule has 2 atom stereocenters. The number of hydrogen-bond donors (Lipinski definition) is 0. The van der Waals surface area contributed by atoms with Crippen molar-refractivity contribution in [3.8, 4) is 11.5 Å². The summed E-state index contributed by atoms with van der Waals surface area (Å²) in [6, 6.07) is 4.21. The summed E-state index contributed by atoms with van der Waals surface area (Å²) in [6.07, 6.45) is 1.52. The predicted octanol–water partition coefficient (Wildman–Crippen LogP) is 2.41. The molecule has 1 aromatic carbocycles. The zero-order chi connectivity index (χ0) is 14.1. The number of hydrogen-bond acceptors (Lipinski definition) is 4. The fourth-order valence-corrected chi connectivity index (χ4v) is 3.42. The minimum Gasteiger partial charge on any atom is -0.493 e. The fraction of sp³-hybridized carbons (Fsp3) is 0.625.